The molecule has 1 saturated heterocycles. The third kappa shape index (κ3) is 2.38. The molecular formula is C8H11ClN2OS2. The van der Waals surface area contributed by atoms with Crippen molar-refractivity contribution in [3.05, 3.63) is 11.7 Å². The molecule has 0 bridgehead atoms. The molecule has 0 radical (unpaired) electrons. The van der Waals surface area contributed by atoms with Gasteiger partial charge in [-0.05, 0) is 6.92 Å². The van der Waals surface area contributed by atoms with E-state index < -0.39 is 0 Å². The van der Waals surface area contributed by atoms with Gasteiger partial charge < -0.3 is 4.52 Å². The van der Waals surface area contributed by atoms with Crippen molar-refractivity contribution in [1.29, 1.82) is 0 Å². The molecule has 0 aliphatic carbocycles. The summed E-state index contributed by atoms with van der Waals surface area (Å²) in [5.74, 6) is 4.77. The third-order valence-electron chi connectivity index (χ3n) is 1.90. The van der Waals surface area contributed by atoms with Crippen LogP contribution in [-0.2, 0) is 0 Å². The maximum absolute atomic E-state index is 5.85. The summed E-state index contributed by atoms with van der Waals surface area (Å²) in [7, 11) is 0. The molecule has 0 N–H and O–H groups in total. The van der Waals surface area contributed by atoms with E-state index in [1.54, 1.807) is 0 Å². The van der Waals surface area contributed by atoms with E-state index in [1.807, 2.05) is 30.4 Å². The van der Waals surface area contributed by atoms with Crippen LogP contribution in [0, 0.1) is 0 Å². The molecule has 2 unspecified atom stereocenters. The molecule has 0 amide bonds. The van der Waals surface area contributed by atoms with Gasteiger partial charge in [-0.15, -0.1) is 23.4 Å². The van der Waals surface area contributed by atoms with E-state index in [-0.39, 0.29) is 5.38 Å². The predicted molar refractivity (Wildman–Crippen MR) is 61.1 cm³/mol. The minimum absolute atomic E-state index is 0.197. The molecule has 78 valence electrons. The van der Waals surface area contributed by atoms with E-state index in [0.717, 1.165) is 17.3 Å². The summed E-state index contributed by atoms with van der Waals surface area (Å²) in [4.78, 5) is 4.29. The Morgan fingerprint density at radius 3 is 3.00 bits per heavy atom. The lowest BCUT2D eigenvalue weighted by Crippen LogP contribution is -2.08. The van der Waals surface area contributed by atoms with Gasteiger partial charge in [-0.25, -0.2) is 0 Å². The highest BCUT2D eigenvalue weighted by Crippen LogP contribution is 2.35. The molecule has 1 aromatic rings. The Kier molecular flexibility index (Phi) is 3.62. The summed E-state index contributed by atoms with van der Waals surface area (Å²) in [6.45, 7) is 1.83. The van der Waals surface area contributed by atoms with Gasteiger partial charge in [-0.1, -0.05) is 5.16 Å². The van der Waals surface area contributed by atoms with Gasteiger partial charge in [0.1, 0.15) is 5.38 Å². The summed E-state index contributed by atoms with van der Waals surface area (Å²) >= 11 is 9.68. The van der Waals surface area contributed by atoms with Crippen LogP contribution in [-0.4, -0.2) is 27.4 Å². The van der Waals surface area contributed by atoms with Crippen LogP contribution in [0.5, 0.6) is 0 Å². The van der Waals surface area contributed by atoms with Crippen LogP contribution in [0.1, 0.15) is 29.3 Å². The zero-order valence-corrected chi connectivity index (χ0v) is 10.2. The molecule has 1 aliphatic rings. The van der Waals surface area contributed by atoms with Gasteiger partial charge in [0.05, 0.1) is 5.25 Å². The molecule has 1 aliphatic heterocycles. The summed E-state index contributed by atoms with van der Waals surface area (Å²) in [6, 6.07) is 0. The second kappa shape index (κ2) is 4.77. The molecule has 1 aromatic heterocycles. The maximum Gasteiger partial charge on any atom is 0.244 e. The van der Waals surface area contributed by atoms with E-state index in [2.05, 4.69) is 10.1 Å². The molecule has 0 aromatic carbocycles. The van der Waals surface area contributed by atoms with E-state index >= 15 is 0 Å². The molecule has 6 heteroatoms. The summed E-state index contributed by atoms with van der Waals surface area (Å²) in [5, 5.41) is 4.14. The fourth-order valence-electron chi connectivity index (χ4n) is 1.18. The van der Waals surface area contributed by atoms with Crippen molar-refractivity contribution in [2.45, 2.75) is 17.6 Å². The van der Waals surface area contributed by atoms with Gasteiger partial charge in [0.2, 0.25) is 5.89 Å². The molecule has 0 saturated carbocycles. The van der Waals surface area contributed by atoms with Gasteiger partial charge in [-0.2, -0.15) is 16.7 Å². The molecule has 1 fully saturated rings. The lowest BCUT2D eigenvalue weighted by Gasteiger charge is -2.16. The lowest BCUT2D eigenvalue weighted by molar-refractivity contribution is 0.374. The zero-order chi connectivity index (χ0) is 9.97. The van der Waals surface area contributed by atoms with Crippen molar-refractivity contribution in [2.75, 3.05) is 17.3 Å². The van der Waals surface area contributed by atoms with Crippen molar-refractivity contribution < 1.29 is 4.52 Å². The fraction of sp³-hybridized carbons (Fsp3) is 0.750. The normalized spacial score (nSPS) is 24.9. The van der Waals surface area contributed by atoms with Crippen molar-refractivity contribution in [3.8, 4) is 0 Å². The van der Waals surface area contributed by atoms with Crippen LogP contribution < -0.4 is 0 Å². The fourth-order valence-corrected chi connectivity index (χ4v) is 3.85. The highest BCUT2D eigenvalue weighted by Gasteiger charge is 2.22. The number of thioether (sulfide) groups is 2. The number of rotatable bonds is 2. The number of halogens is 1. The van der Waals surface area contributed by atoms with Crippen molar-refractivity contribution in [1.82, 2.24) is 10.1 Å². The SMILES string of the molecule is CC(Cl)c1nc(C2CSCCS2)no1. The van der Waals surface area contributed by atoms with Gasteiger partial charge >= 0.3 is 0 Å². The summed E-state index contributed by atoms with van der Waals surface area (Å²) in [6.07, 6.45) is 0. The first kappa shape index (κ1) is 10.6. The first-order valence-electron chi connectivity index (χ1n) is 4.44. The minimum atomic E-state index is -0.197. The maximum atomic E-state index is 5.85. The summed E-state index contributed by atoms with van der Waals surface area (Å²) in [5.41, 5.74) is 0. The smallest absolute Gasteiger partial charge is 0.244 e. The quantitative estimate of drug-likeness (QED) is 0.755. The van der Waals surface area contributed by atoms with Crippen LogP contribution in [0.3, 0.4) is 0 Å². The van der Waals surface area contributed by atoms with Crippen molar-refractivity contribution >= 4 is 35.1 Å². The topological polar surface area (TPSA) is 38.9 Å². The Hall–Kier alpha value is 0.130. The molecular weight excluding hydrogens is 240 g/mol. The standard InChI is InChI=1S/C8H11ClN2OS2/c1-5(9)8-10-7(11-12-8)6-4-13-2-3-14-6/h5-6H,2-4H2,1H3. The van der Waals surface area contributed by atoms with Gasteiger partial charge in [0.25, 0.3) is 0 Å². The predicted octanol–water partition coefficient (Wildman–Crippen LogP) is 2.89. The zero-order valence-electron chi connectivity index (χ0n) is 7.77. The number of alkyl halides is 1. The average molecular weight is 251 g/mol. The van der Waals surface area contributed by atoms with E-state index in [0.29, 0.717) is 11.1 Å². The van der Waals surface area contributed by atoms with Crippen molar-refractivity contribution in [3.63, 3.8) is 0 Å². The highest BCUT2D eigenvalue weighted by atomic mass is 35.5. The van der Waals surface area contributed by atoms with Crippen molar-refractivity contribution in [2.24, 2.45) is 0 Å². The number of hydrogen-bond acceptors (Lipinski definition) is 5. The van der Waals surface area contributed by atoms with Crippen LogP contribution in [0.25, 0.3) is 0 Å². The first-order chi connectivity index (χ1) is 6.77. The Bertz CT molecular complexity index is 299. The Labute approximate surface area is 96.3 Å². The van der Waals surface area contributed by atoms with Crippen LogP contribution in [0.15, 0.2) is 4.52 Å². The first-order valence-corrected chi connectivity index (χ1v) is 7.08. The lowest BCUT2D eigenvalue weighted by atomic mass is 10.4. The minimum Gasteiger partial charge on any atom is -0.338 e. The number of aromatic nitrogens is 2. The molecule has 14 heavy (non-hydrogen) atoms. The van der Waals surface area contributed by atoms with Gasteiger partial charge in [-0.3, -0.25) is 0 Å². The Morgan fingerprint density at radius 2 is 2.43 bits per heavy atom. The third-order valence-corrected chi connectivity index (χ3v) is 4.84. The highest BCUT2D eigenvalue weighted by molar-refractivity contribution is 8.06. The second-order valence-electron chi connectivity index (χ2n) is 3.04. The van der Waals surface area contributed by atoms with Crippen LogP contribution in [0.4, 0.5) is 0 Å². The number of nitrogens with zero attached hydrogens (tertiary/aromatic N) is 2. The largest absolute Gasteiger partial charge is 0.338 e. The van der Waals surface area contributed by atoms with E-state index in [4.69, 9.17) is 16.1 Å². The summed E-state index contributed by atoms with van der Waals surface area (Å²) < 4.78 is 5.06. The molecule has 3 nitrogen and oxygen atoms in total. The van der Waals surface area contributed by atoms with E-state index in [1.165, 1.54) is 5.75 Å². The Balaban J connectivity index is 2.07. The molecule has 0 spiro atoms. The number of hydrogen-bond donors (Lipinski definition) is 0. The van der Waals surface area contributed by atoms with E-state index in [9.17, 15) is 0 Å². The molecule has 2 heterocycles. The molecule has 2 atom stereocenters. The van der Waals surface area contributed by atoms with Crippen LogP contribution in [0.2, 0.25) is 0 Å². The Morgan fingerprint density at radius 1 is 1.57 bits per heavy atom. The molecule has 2 rings (SSSR count). The average Bonchev–Trinajstić information content (AvgIpc) is 2.68. The van der Waals surface area contributed by atoms with Gasteiger partial charge in [0, 0.05) is 17.3 Å². The van der Waals surface area contributed by atoms with Crippen LogP contribution >= 0.6 is 35.1 Å². The van der Waals surface area contributed by atoms with Gasteiger partial charge in [0.15, 0.2) is 5.82 Å². The second-order valence-corrected chi connectivity index (χ2v) is 6.16. The monoisotopic (exact) mass is 250 g/mol.